The molecule has 1 aromatic rings. The number of carbonyl (C=O) groups is 1. The normalized spacial score (nSPS) is 18.2. The molecule has 1 aliphatic heterocycles. The van der Waals surface area contributed by atoms with E-state index in [1.54, 1.807) is 12.1 Å². The zero-order valence-electron chi connectivity index (χ0n) is 8.64. The number of rotatable bonds is 2. The third-order valence-electron chi connectivity index (χ3n) is 2.52. The lowest BCUT2D eigenvalue weighted by Crippen LogP contribution is -2.01. The largest absolute Gasteiger partial charge is 0.478 e. The van der Waals surface area contributed by atoms with Crippen LogP contribution in [0.3, 0.4) is 0 Å². The fourth-order valence-electron chi connectivity index (χ4n) is 1.69. The van der Waals surface area contributed by atoms with Crippen molar-refractivity contribution in [1.82, 2.24) is 0 Å². The molecule has 4 heteroatoms. The van der Waals surface area contributed by atoms with Gasteiger partial charge in [-0.25, -0.2) is 4.79 Å². The van der Waals surface area contributed by atoms with E-state index in [1.165, 1.54) is 0 Å². The molecular weight excluding hydrogens is 192 g/mol. The van der Waals surface area contributed by atoms with E-state index < -0.39 is 5.97 Å². The van der Waals surface area contributed by atoms with E-state index >= 15 is 0 Å². The van der Waals surface area contributed by atoms with Crippen molar-refractivity contribution in [3.05, 3.63) is 29.3 Å². The maximum Gasteiger partial charge on any atom is 0.335 e. The van der Waals surface area contributed by atoms with Gasteiger partial charge in [0, 0.05) is 5.56 Å². The first-order valence-electron chi connectivity index (χ1n) is 4.87. The molecule has 1 atom stereocenters. The molecular formula is C11H12N2O2. The van der Waals surface area contributed by atoms with E-state index in [0.29, 0.717) is 11.6 Å². The zero-order valence-corrected chi connectivity index (χ0v) is 8.64. The van der Waals surface area contributed by atoms with Gasteiger partial charge in [-0.05, 0) is 18.1 Å². The van der Waals surface area contributed by atoms with Gasteiger partial charge in [-0.1, -0.05) is 19.9 Å². The molecule has 15 heavy (non-hydrogen) atoms. The Labute approximate surface area is 87.7 Å². The lowest BCUT2D eigenvalue weighted by atomic mass is 9.95. The summed E-state index contributed by atoms with van der Waals surface area (Å²) in [5.41, 5.74) is 1.97. The smallest absolute Gasteiger partial charge is 0.335 e. The summed E-state index contributed by atoms with van der Waals surface area (Å²) in [4.78, 5) is 10.7. The number of carboxylic acids is 1. The molecule has 0 spiro atoms. The van der Waals surface area contributed by atoms with Crippen molar-refractivity contribution >= 4 is 11.7 Å². The summed E-state index contributed by atoms with van der Waals surface area (Å²) in [6.45, 7) is 4.15. The first kappa shape index (κ1) is 9.83. The van der Waals surface area contributed by atoms with Gasteiger partial charge >= 0.3 is 5.97 Å². The Morgan fingerprint density at radius 1 is 1.47 bits per heavy atom. The maximum absolute atomic E-state index is 10.7. The minimum absolute atomic E-state index is 0.0721. The first-order valence-corrected chi connectivity index (χ1v) is 4.87. The molecule has 0 fully saturated rings. The summed E-state index contributed by atoms with van der Waals surface area (Å²) in [6, 6.07) is 5.06. The highest BCUT2D eigenvalue weighted by atomic mass is 16.4. The average molecular weight is 204 g/mol. The molecule has 0 bridgehead atoms. The number of hydrogen-bond donors (Lipinski definition) is 1. The van der Waals surface area contributed by atoms with Crippen LogP contribution < -0.4 is 0 Å². The molecule has 0 aromatic heterocycles. The molecule has 0 saturated heterocycles. The van der Waals surface area contributed by atoms with E-state index in [1.807, 2.05) is 6.07 Å². The molecule has 1 heterocycles. The number of aromatic carboxylic acids is 1. The van der Waals surface area contributed by atoms with Gasteiger partial charge in [-0.15, -0.1) is 0 Å². The molecule has 1 N–H and O–H groups in total. The van der Waals surface area contributed by atoms with Crippen LogP contribution >= 0.6 is 0 Å². The van der Waals surface area contributed by atoms with Crippen LogP contribution in [0.1, 0.15) is 35.8 Å². The highest BCUT2D eigenvalue weighted by molar-refractivity contribution is 5.89. The van der Waals surface area contributed by atoms with Crippen LogP contribution in [-0.2, 0) is 0 Å². The zero-order chi connectivity index (χ0) is 11.0. The van der Waals surface area contributed by atoms with Crippen LogP contribution in [0, 0.1) is 5.92 Å². The van der Waals surface area contributed by atoms with E-state index in [4.69, 9.17) is 5.11 Å². The quantitative estimate of drug-likeness (QED) is 0.804. The summed E-state index contributed by atoms with van der Waals surface area (Å²) < 4.78 is 0. The van der Waals surface area contributed by atoms with Gasteiger partial charge in [0.25, 0.3) is 0 Å². The van der Waals surface area contributed by atoms with Gasteiger partial charge in [0.05, 0.1) is 11.3 Å². The van der Waals surface area contributed by atoms with Crippen LogP contribution in [-0.4, -0.2) is 11.1 Å². The van der Waals surface area contributed by atoms with Crippen molar-refractivity contribution in [3.63, 3.8) is 0 Å². The summed E-state index contributed by atoms with van der Waals surface area (Å²) in [5.74, 6) is -0.549. The van der Waals surface area contributed by atoms with Crippen LogP contribution in [0.25, 0.3) is 0 Å². The van der Waals surface area contributed by atoms with Gasteiger partial charge in [0.2, 0.25) is 0 Å². The highest BCUT2D eigenvalue weighted by Gasteiger charge is 2.24. The van der Waals surface area contributed by atoms with Crippen molar-refractivity contribution in [2.24, 2.45) is 16.1 Å². The second-order valence-electron chi connectivity index (χ2n) is 3.98. The lowest BCUT2D eigenvalue weighted by Gasteiger charge is -2.11. The Bertz CT molecular complexity index is 438. The van der Waals surface area contributed by atoms with Crippen LogP contribution in [0.4, 0.5) is 5.69 Å². The summed E-state index contributed by atoms with van der Waals surface area (Å²) in [7, 11) is 0. The number of nitrogens with zero attached hydrogens (tertiary/aromatic N) is 2. The Morgan fingerprint density at radius 3 is 2.80 bits per heavy atom. The monoisotopic (exact) mass is 204 g/mol. The molecule has 0 saturated carbocycles. The fourth-order valence-corrected chi connectivity index (χ4v) is 1.69. The van der Waals surface area contributed by atoms with E-state index in [-0.39, 0.29) is 11.6 Å². The standard InChI is InChI=1S/C11H12N2O2/c1-6(2)10-8-4-3-7(11(14)15)5-9(8)12-13-10/h3-6,10H,1-2H3,(H,14,15). The predicted molar refractivity (Wildman–Crippen MR) is 55.5 cm³/mol. The van der Waals surface area contributed by atoms with Crippen molar-refractivity contribution < 1.29 is 9.90 Å². The van der Waals surface area contributed by atoms with E-state index in [2.05, 4.69) is 24.1 Å². The summed E-state index contributed by atoms with van der Waals surface area (Å²) >= 11 is 0. The first-order chi connectivity index (χ1) is 7.09. The van der Waals surface area contributed by atoms with Crippen molar-refractivity contribution in [2.75, 3.05) is 0 Å². The lowest BCUT2D eigenvalue weighted by molar-refractivity contribution is 0.0697. The minimum Gasteiger partial charge on any atom is -0.478 e. The van der Waals surface area contributed by atoms with E-state index in [9.17, 15) is 4.79 Å². The Kier molecular flexibility index (Phi) is 2.26. The number of benzene rings is 1. The Hall–Kier alpha value is -1.71. The third kappa shape index (κ3) is 1.63. The Balaban J connectivity index is 2.42. The summed E-state index contributed by atoms with van der Waals surface area (Å²) in [6.07, 6.45) is 0. The highest BCUT2D eigenvalue weighted by Crippen LogP contribution is 2.40. The van der Waals surface area contributed by atoms with Gasteiger partial charge in [0.15, 0.2) is 0 Å². The number of hydrogen-bond acceptors (Lipinski definition) is 3. The van der Waals surface area contributed by atoms with Crippen molar-refractivity contribution in [1.29, 1.82) is 0 Å². The second kappa shape index (κ2) is 3.46. The topological polar surface area (TPSA) is 62.0 Å². The number of carboxylic acid groups (broad SMARTS) is 1. The molecule has 1 aliphatic rings. The third-order valence-corrected chi connectivity index (χ3v) is 2.52. The average Bonchev–Trinajstić information content (AvgIpc) is 2.59. The molecule has 78 valence electrons. The minimum atomic E-state index is -0.930. The van der Waals surface area contributed by atoms with Crippen molar-refractivity contribution in [2.45, 2.75) is 19.9 Å². The van der Waals surface area contributed by atoms with Crippen LogP contribution in [0.2, 0.25) is 0 Å². The molecule has 4 nitrogen and oxygen atoms in total. The molecule has 2 rings (SSSR count). The number of fused-ring (bicyclic) bond motifs is 1. The van der Waals surface area contributed by atoms with Crippen LogP contribution in [0.15, 0.2) is 28.4 Å². The summed E-state index contributed by atoms with van der Waals surface area (Å²) in [5, 5.41) is 17.0. The van der Waals surface area contributed by atoms with E-state index in [0.717, 1.165) is 5.56 Å². The van der Waals surface area contributed by atoms with Gasteiger partial charge in [0.1, 0.15) is 6.04 Å². The maximum atomic E-state index is 10.7. The Morgan fingerprint density at radius 2 is 2.20 bits per heavy atom. The van der Waals surface area contributed by atoms with Gasteiger partial charge in [-0.3, -0.25) is 0 Å². The molecule has 1 aromatic carbocycles. The number of azo groups is 1. The predicted octanol–water partition coefficient (Wildman–Crippen LogP) is 3.18. The molecule has 1 unspecified atom stereocenters. The van der Waals surface area contributed by atoms with Gasteiger partial charge in [-0.2, -0.15) is 10.2 Å². The molecule has 0 aliphatic carbocycles. The second-order valence-corrected chi connectivity index (χ2v) is 3.98. The molecule has 0 amide bonds. The van der Waals surface area contributed by atoms with Crippen LogP contribution in [0.5, 0.6) is 0 Å². The fraction of sp³-hybridized carbons (Fsp3) is 0.364. The van der Waals surface area contributed by atoms with Crippen molar-refractivity contribution in [3.8, 4) is 0 Å². The molecule has 0 radical (unpaired) electrons. The SMILES string of the molecule is CC(C)C1N=Nc2cc(C(=O)O)ccc21. The van der Waals surface area contributed by atoms with Gasteiger partial charge < -0.3 is 5.11 Å².